The number of nitrogens with two attached hydrogens (primary N) is 1. The van der Waals surface area contributed by atoms with E-state index in [0.29, 0.717) is 17.9 Å². The van der Waals surface area contributed by atoms with Crippen molar-refractivity contribution in [2.45, 2.75) is 13.5 Å². The molecule has 0 atom stereocenters. The molecule has 3 rings (SSSR count). The zero-order valence-corrected chi connectivity index (χ0v) is 10.8. The van der Waals surface area contributed by atoms with Crippen molar-refractivity contribution < 1.29 is 4.42 Å². The molecule has 2 heterocycles. The van der Waals surface area contributed by atoms with Crippen LogP contribution in [-0.2, 0) is 13.6 Å². The van der Waals surface area contributed by atoms with Crippen molar-refractivity contribution in [3.05, 3.63) is 34.8 Å². The van der Waals surface area contributed by atoms with E-state index in [4.69, 9.17) is 10.2 Å². The molecule has 0 spiro atoms. The number of hydrogen-bond donors (Lipinski definition) is 1. The minimum absolute atomic E-state index is 0.338. The average molecular weight is 258 g/mol. The average Bonchev–Trinajstić information content (AvgIpc) is 2.88. The molecule has 6 nitrogen and oxygen atoms in total. The Morgan fingerprint density at radius 2 is 2.16 bits per heavy atom. The number of nitrogen functional groups attached to an aromatic ring is 1. The van der Waals surface area contributed by atoms with E-state index >= 15 is 0 Å². The van der Waals surface area contributed by atoms with E-state index in [1.165, 1.54) is 0 Å². The quantitative estimate of drug-likeness (QED) is 0.757. The van der Waals surface area contributed by atoms with Crippen molar-refractivity contribution in [2.24, 2.45) is 7.05 Å². The lowest BCUT2D eigenvalue weighted by Gasteiger charge is -1.99. The summed E-state index contributed by atoms with van der Waals surface area (Å²) in [4.78, 5) is 11.6. The van der Waals surface area contributed by atoms with E-state index in [2.05, 4.69) is 5.10 Å². The fraction of sp³-hybridized carbons (Fsp3) is 0.231. The fourth-order valence-corrected chi connectivity index (χ4v) is 2.14. The lowest BCUT2D eigenvalue weighted by molar-refractivity contribution is 0.513. The van der Waals surface area contributed by atoms with Crippen LogP contribution < -0.4 is 11.5 Å². The monoisotopic (exact) mass is 258 g/mol. The van der Waals surface area contributed by atoms with Gasteiger partial charge in [0.05, 0.1) is 11.2 Å². The van der Waals surface area contributed by atoms with E-state index in [1.54, 1.807) is 28.4 Å². The number of anilines is 1. The minimum Gasteiger partial charge on any atom is -0.408 e. The van der Waals surface area contributed by atoms with Gasteiger partial charge in [0.15, 0.2) is 5.58 Å². The molecule has 0 amide bonds. The number of aryl methyl sites for hydroxylation is 2. The summed E-state index contributed by atoms with van der Waals surface area (Å²) in [7, 11) is 1.79. The summed E-state index contributed by atoms with van der Waals surface area (Å²) in [5.74, 6) is 0.255. The van der Waals surface area contributed by atoms with Crippen LogP contribution in [-0.4, -0.2) is 14.3 Å². The highest BCUT2D eigenvalue weighted by Crippen LogP contribution is 2.24. The van der Waals surface area contributed by atoms with Crippen molar-refractivity contribution in [2.75, 3.05) is 5.73 Å². The Kier molecular flexibility index (Phi) is 2.45. The van der Waals surface area contributed by atoms with Gasteiger partial charge in [-0.25, -0.2) is 4.79 Å². The second kappa shape index (κ2) is 4.01. The fourth-order valence-electron chi connectivity index (χ4n) is 2.14. The van der Waals surface area contributed by atoms with Gasteiger partial charge < -0.3 is 10.2 Å². The standard InChI is InChI=1S/C13H14N4O2/c1-3-17-10-6-8(4-5-11(10)19-13(17)18)9-7-12(14)16(2)15-9/h4-7H,3,14H2,1-2H3. The number of oxazole rings is 1. The van der Waals surface area contributed by atoms with Crippen molar-refractivity contribution in [1.29, 1.82) is 0 Å². The first-order valence-electron chi connectivity index (χ1n) is 6.03. The first-order valence-corrected chi connectivity index (χ1v) is 6.03. The highest BCUT2D eigenvalue weighted by molar-refractivity contribution is 5.80. The summed E-state index contributed by atoms with van der Waals surface area (Å²) >= 11 is 0. The predicted molar refractivity (Wildman–Crippen MR) is 72.8 cm³/mol. The number of hydrogen-bond acceptors (Lipinski definition) is 4. The molecule has 1 aromatic carbocycles. The van der Waals surface area contributed by atoms with Crippen LogP contribution in [0.4, 0.5) is 5.82 Å². The van der Waals surface area contributed by atoms with Gasteiger partial charge in [0, 0.05) is 25.2 Å². The molecule has 0 fully saturated rings. The Morgan fingerprint density at radius 1 is 1.37 bits per heavy atom. The maximum atomic E-state index is 11.6. The SMILES string of the molecule is CCn1c(=O)oc2ccc(-c3cc(N)n(C)n3)cc21. The summed E-state index contributed by atoms with van der Waals surface area (Å²) in [5, 5.41) is 4.32. The van der Waals surface area contributed by atoms with Crippen LogP contribution in [0.5, 0.6) is 0 Å². The third kappa shape index (κ3) is 1.72. The topological polar surface area (TPSA) is 79.0 Å². The van der Waals surface area contributed by atoms with Crippen LogP contribution >= 0.6 is 0 Å². The highest BCUT2D eigenvalue weighted by Gasteiger charge is 2.11. The maximum Gasteiger partial charge on any atom is 0.419 e. The third-order valence-corrected chi connectivity index (χ3v) is 3.20. The van der Waals surface area contributed by atoms with E-state index in [-0.39, 0.29) is 5.76 Å². The van der Waals surface area contributed by atoms with E-state index in [1.807, 2.05) is 19.1 Å². The molecule has 2 N–H and O–H groups in total. The van der Waals surface area contributed by atoms with Crippen LogP contribution in [0.3, 0.4) is 0 Å². The maximum absolute atomic E-state index is 11.6. The normalized spacial score (nSPS) is 11.3. The first-order chi connectivity index (χ1) is 9.10. The van der Waals surface area contributed by atoms with Gasteiger partial charge >= 0.3 is 5.76 Å². The van der Waals surface area contributed by atoms with Crippen LogP contribution in [0.15, 0.2) is 33.5 Å². The number of nitrogens with zero attached hydrogens (tertiary/aromatic N) is 3. The molecule has 0 aliphatic heterocycles. The van der Waals surface area contributed by atoms with Gasteiger partial charge in [-0.3, -0.25) is 9.25 Å². The van der Waals surface area contributed by atoms with Crippen molar-refractivity contribution >= 4 is 16.9 Å². The molecule has 0 radical (unpaired) electrons. The smallest absolute Gasteiger partial charge is 0.408 e. The lowest BCUT2D eigenvalue weighted by atomic mass is 10.1. The molecule has 0 bridgehead atoms. The van der Waals surface area contributed by atoms with Gasteiger partial charge in [0.1, 0.15) is 5.82 Å². The summed E-state index contributed by atoms with van der Waals surface area (Å²) in [5.41, 5.74) is 8.81. The van der Waals surface area contributed by atoms with Gasteiger partial charge in [0.2, 0.25) is 0 Å². The molecule has 19 heavy (non-hydrogen) atoms. The van der Waals surface area contributed by atoms with Crippen LogP contribution in [0, 0.1) is 0 Å². The van der Waals surface area contributed by atoms with E-state index in [0.717, 1.165) is 16.8 Å². The molecule has 0 aliphatic rings. The number of benzene rings is 1. The number of fused-ring (bicyclic) bond motifs is 1. The molecular formula is C13H14N4O2. The molecular weight excluding hydrogens is 244 g/mol. The number of aromatic nitrogens is 3. The van der Waals surface area contributed by atoms with Gasteiger partial charge in [0.25, 0.3) is 0 Å². The van der Waals surface area contributed by atoms with Crippen LogP contribution in [0.1, 0.15) is 6.92 Å². The Morgan fingerprint density at radius 3 is 2.79 bits per heavy atom. The molecule has 0 saturated carbocycles. The van der Waals surface area contributed by atoms with Gasteiger partial charge in [-0.15, -0.1) is 0 Å². The second-order valence-corrected chi connectivity index (χ2v) is 4.37. The zero-order valence-electron chi connectivity index (χ0n) is 10.8. The molecule has 2 aromatic heterocycles. The summed E-state index contributed by atoms with van der Waals surface area (Å²) in [6.45, 7) is 2.47. The molecule has 0 saturated heterocycles. The highest BCUT2D eigenvalue weighted by atomic mass is 16.4. The van der Waals surface area contributed by atoms with Crippen molar-refractivity contribution in [3.8, 4) is 11.3 Å². The lowest BCUT2D eigenvalue weighted by Crippen LogP contribution is -2.11. The largest absolute Gasteiger partial charge is 0.419 e. The second-order valence-electron chi connectivity index (χ2n) is 4.37. The van der Waals surface area contributed by atoms with Gasteiger partial charge in [-0.05, 0) is 25.1 Å². The Labute approximate surface area is 109 Å². The minimum atomic E-state index is -0.338. The summed E-state index contributed by atoms with van der Waals surface area (Å²) in [6.07, 6.45) is 0. The van der Waals surface area contributed by atoms with Crippen molar-refractivity contribution in [1.82, 2.24) is 14.3 Å². The molecule has 0 unspecified atom stereocenters. The summed E-state index contributed by atoms with van der Waals surface area (Å²) < 4.78 is 8.37. The Balaban J connectivity index is 2.23. The van der Waals surface area contributed by atoms with E-state index in [9.17, 15) is 4.79 Å². The molecule has 98 valence electrons. The van der Waals surface area contributed by atoms with Crippen LogP contribution in [0.25, 0.3) is 22.4 Å². The number of rotatable bonds is 2. The molecule has 0 aliphatic carbocycles. The first kappa shape index (κ1) is 11.6. The van der Waals surface area contributed by atoms with E-state index < -0.39 is 0 Å². The van der Waals surface area contributed by atoms with Crippen LogP contribution in [0.2, 0.25) is 0 Å². The Hall–Kier alpha value is -2.50. The molecule has 3 aromatic rings. The van der Waals surface area contributed by atoms with Gasteiger partial charge in [-0.1, -0.05) is 0 Å². The predicted octanol–water partition coefficient (Wildman–Crippen LogP) is 1.60. The van der Waals surface area contributed by atoms with Crippen molar-refractivity contribution in [3.63, 3.8) is 0 Å². The zero-order chi connectivity index (χ0) is 13.6. The third-order valence-electron chi connectivity index (χ3n) is 3.20. The summed E-state index contributed by atoms with van der Waals surface area (Å²) in [6, 6.07) is 7.34. The molecule has 6 heteroatoms. The Bertz CT molecular complexity index is 790. The van der Waals surface area contributed by atoms with Gasteiger partial charge in [-0.2, -0.15) is 5.10 Å².